The largest absolute Gasteiger partial charge is 0.458 e. The summed E-state index contributed by atoms with van der Waals surface area (Å²) in [6, 6.07) is -0.745. The van der Waals surface area contributed by atoms with Crippen molar-refractivity contribution in [1.82, 2.24) is 5.32 Å². The molecular formula is C50H87NO5. The molecule has 6 nitrogen and oxygen atoms in total. The molecule has 0 fully saturated rings. The molecule has 3 atom stereocenters. The summed E-state index contributed by atoms with van der Waals surface area (Å²) < 4.78 is 5.78. The number of carbonyl (C=O) groups excluding carboxylic acids is 2. The molecule has 6 heteroatoms. The minimum absolute atomic E-state index is 0.0542. The van der Waals surface area contributed by atoms with E-state index in [1.165, 1.54) is 83.5 Å². The Morgan fingerprint density at radius 1 is 0.554 bits per heavy atom. The topological polar surface area (TPSA) is 95.9 Å². The van der Waals surface area contributed by atoms with Crippen LogP contribution in [0.4, 0.5) is 0 Å². The average Bonchev–Trinajstić information content (AvgIpc) is 3.19. The molecule has 0 aromatic heterocycles. The second kappa shape index (κ2) is 43.4. The molecule has 0 aliphatic rings. The number of rotatable bonds is 40. The van der Waals surface area contributed by atoms with Gasteiger partial charge in [0.2, 0.25) is 5.91 Å². The van der Waals surface area contributed by atoms with Crippen molar-refractivity contribution < 1.29 is 24.5 Å². The van der Waals surface area contributed by atoms with Crippen LogP contribution in [0.1, 0.15) is 207 Å². The van der Waals surface area contributed by atoms with Crippen molar-refractivity contribution in [2.75, 3.05) is 6.61 Å². The smallest absolute Gasteiger partial charge is 0.306 e. The zero-order valence-electron chi connectivity index (χ0n) is 36.5. The number of ether oxygens (including phenoxy) is 1. The number of carbonyl (C=O) groups is 2. The maximum atomic E-state index is 13.1. The fraction of sp³-hybridized carbons (Fsp3) is 0.720. The Morgan fingerprint density at radius 2 is 1.00 bits per heavy atom. The second-order valence-electron chi connectivity index (χ2n) is 15.4. The summed E-state index contributed by atoms with van der Waals surface area (Å²) in [5.41, 5.74) is 0. The minimum atomic E-state index is -0.821. The molecular weight excluding hydrogens is 695 g/mol. The highest BCUT2D eigenvalue weighted by atomic mass is 16.5. The zero-order valence-corrected chi connectivity index (χ0v) is 36.5. The fourth-order valence-corrected chi connectivity index (χ4v) is 6.50. The van der Waals surface area contributed by atoms with E-state index in [0.717, 1.165) is 77.0 Å². The van der Waals surface area contributed by atoms with Crippen molar-refractivity contribution in [3.63, 3.8) is 0 Å². The van der Waals surface area contributed by atoms with Crippen LogP contribution >= 0.6 is 0 Å². The summed E-state index contributed by atoms with van der Waals surface area (Å²) in [5.74, 6) is -0.653. The van der Waals surface area contributed by atoms with E-state index in [0.29, 0.717) is 19.3 Å². The third-order valence-corrected chi connectivity index (χ3v) is 10.0. The summed E-state index contributed by atoms with van der Waals surface area (Å²) >= 11 is 0. The molecule has 0 saturated heterocycles. The molecule has 0 radical (unpaired) electrons. The predicted octanol–water partition coefficient (Wildman–Crippen LogP) is 13.4. The van der Waals surface area contributed by atoms with E-state index >= 15 is 0 Å². The quantitative estimate of drug-likeness (QED) is 0.0327. The summed E-state index contributed by atoms with van der Waals surface area (Å²) in [6.07, 6.45) is 54.2. The predicted molar refractivity (Wildman–Crippen MR) is 241 cm³/mol. The first kappa shape index (κ1) is 53.3. The van der Waals surface area contributed by atoms with Crippen molar-refractivity contribution in [1.29, 1.82) is 0 Å². The molecule has 0 aliphatic heterocycles. The maximum Gasteiger partial charge on any atom is 0.306 e. The van der Waals surface area contributed by atoms with Crippen molar-refractivity contribution in [3.05, 3.63) is 72.9 Å². The molecule has 0 aromatic rings. The molecule has 3 unspecified atom stereocenters. The van der Waals surface area contributed by atoms with E-state index in [1.807, 2.05) is 6.08 Å². The zero-order chi connectivity index (χ0) is 41.0. The van der Waals surface area contributed by atoms with Crippen LogP contribution in [0.2, 0.25) is 0 Å². The molecule has 0 spiro atoms. The van der Waals surface area contributed by atoms with Gasteiger partial charge in [-0.1, -0.05) is 190 Å². The molecule has 0 aliphatic carbocycles. The highest BCUT2D eigenvalue weighted by Crippen LogP contribution is 2.15. The van der Waals surface area contributed by atoms with E-state index in [4.69, 9.17) is 4.74 Å². The summed E-state index contributed by atoms with van der Waals surface area (Å²) in [5, 5.41) is 23.5. The fourth-order valence-electron chi connectivity index (χ4n) is 6.50. The number of amides is 1. The van der Waals surface area contributed by atoms with Crippen LogP contribution in [0.5, 0.6) is 0 Å². The second-order valence-corrected chi connectivity index (χ2v) is 15.4. The van der Waals surface area contributed by atoms with Gasteiger partial charge in [0.05, 0.1) is 25.2 Å². The Hall–Kier alpha value is -2.70. The Kier molecular flexibility index (Phi) is 41.3. The van der Waals surface area contributed by atoms with Gasteiger partial charge in [0.25, 0.3) is 0 Å². The van der Waals surface area contributed by atoms with Crippen LogP contribution in [-0.4, -0.2) is 46.9 Å². The molecule has 0 heterocycles. The maximum absolute atomic E-state index is 13.1. The Bertz CT molecular complexity index is 1060. The van der Waals surface area contributed by atoms with Crippen molar-refractivity contribution >= 4 is 11.9 Å². The van der Waals surface area contributed by atoms with Gasteiger partial charge in [-0.2, -0.15) is 0 Å². The van der Waals surface area contributed by atoms with Gasteiger partial charge < -0.3 is 20.3 Å². The Morgan fingerprint density at radius 3 is 1.50 bits per heavy atom. The van der Waals surface area contributed by atoms with Gasteiger partial charge in [-0.05, 0) is 76.7 Å². The van der Waals surface area contributed by atoms with E-state index in [2.05, 4.69) is 86.8 Å². The number of allylic oxidation sites excluding steroid dienone is 11. The molecule has 0 saturated carbocycles. The van der Waals surface area contributed by atoms with Crippen LogP contribution in [-0.2, 0) is 14.3 Å². The molecule has 0 aromatic carbocycles. The van der Waals surface area contributed by atoms with E-state index < -0.39 is 18.2 Å². The first-order valence-electron chi connectivity index (χ1n) is 23.2. The lowest BCUT2D eigenvalue weighted by molar-refractivity contribution is -0.148. The van der Waals surface area contributed by atoms with Crippen LogP contribution in [0.3, 0.4) is 0 Å². The van der Waals surface area contributed by atoms with E-state index in [9.17, 15) is 19.8 Å². The molecule has 3 N–H and O–H groups in total. The summed E-state index contributed by atoms with van der Waals surface area (Å²) in [6.45, 7) is 6.29. The number of aliphatic hydroxyl groups is 2. The normalized spacial score (nSPS) is 14.0. The Labute approximate surface area is 345 Å². The highest BCUT2D eigenvalue weighted by molar-refractivity contribution is 5.78. The molecule has 0 rings (SSSR count). The number of hydrogen-bond acceptors (Lipinski definition) is 5. The van der Waals surface area contributed by atoms with Gasteiger partial charge >= 0.3 is 5.97 Å². The van der Waals surface area contributed by atoms with E-state index in [-0.39, 0.29) is 24.9 Å². The van der Waals surface area contributed by atoms with Gasteiger partial charge in [0.15, 0.2) is 0 Å². The number of esters is 1. The van der Waals surface area contributed by atoms with Crippen molar-refractivity contribution in [3.8, 4) is 0 Å². The molecule has 56 heavy (non-hydrogen) atoms. The third-order valence-electron chi connectivity index (χ3n) is 10.0. The number of hydrogen-bond donors (Lipinski definition) is 3. The average molecular weight is 782 g/mol. The first-order chi connectivity index (χ1) is 27.5. The van der Waals surface area contributed by atoms with Crippen LogP contribution in [0.25, 0.3) is 0 Å². The number of nitrogens with one attached hydrogen (secondary N) is 1. The third kappa shape index (κ3) is 38.2. The lowest BCUT2D eigenvalue weighted by Crippen LogP contribution is -2.46. The van der Waals surface area contributed by atoms with Crippen molar-refractivity contribution in [2.45, 2.75) is 225 Å². The van der Waals surface area contributed by atoms with Crippen LogP contribution in [0.15, 0.2) is 72.9 Å². The molecule has 322 valence electrons. The van der Waals surface area contributed by atoms with E-state index in [1.54, 1.807) is 6.08 Å². The summed E-state index contributed by atoms with van der Waals surface area (Å²) in [4.78, 5) is 25.9. The number of aliphatic hydroxyl groups excluding tert-OH is 2. The highest BCUT2D eigenvalue weighted by Gasteiger charge is 2.23. The van der Waals surface area contributed by atoms with Gasteiger partial charge in [0.1, 0.15) is 6.10 Å². The van der Waals surface area contributed by atoms with Gasteiger partial charge in [-0.3, -0.25) is 9.59 Å². The number of unbranched alkanes of at least 4 members (excludes halogenated alkanes) is 18. The van der Waals surface area contributed by atoms with Gasteiger partial charge in [-0.15, -0.1) is 0 Å². The lowest BCUT2D eigenvalue weighted by Gasteiger charge is -2.23. The lowest BCUT2D eigenvalue weighted by atomic mass is 10.0. The van der Waals surface area contributed by atoms with Crippen LogP contribution < -0.4 is 5.32 Å². The SMILES string of the molecule is CC/C=C/C/C=C/C/C=C/C/C=C/C/C=C/C(CC(=O)NC(CO)C(O)CCCCCCCCCCCC)OC(=O)CCCCC/C=C\CCCCCCCC. The first-order valence-corrected chi connectivity index (χ1v) is 23.2. The van der Waals surface area contributed by atoms with Gasteiger partial charge in [0, 0.05) is 6.42 Å². The standard InChI is InChI=1S/C50H87NO5/c1-4-7-10-13-16-19-22-24-26-27-29-32-35-38-41-46(56-50(55)43-40-37-34-31-28-25-23-20-17-14-11-8-5-2)44-49(54)51-47(45-52)48(53)42-39-36-33-30-21-18-15-12-9-6-3/h7,10,16,19,24-26,28-29,32,38,41,46-48,52-53H,4-6,8-9,11-15,17-18,20-23,27,30-31,33-37,39-40,42-45H2,1-3H3,(H,51,54)/b10-7+,19-16+,26-24+,28-25-,32-29+,41-38+. The monoisotopic (exact) mass is 782 g/mol. The van der Waals surface area contributed by atoms with Crippen molar-refractivity contribution in [2.24, 2.45) is 0 Å². The molecule has 0 bridgehead atoms. The van der Waals surface area contributed by atoms with Gasteiger partial charge in [-0.25, -0.2) is 0 Å². The molecule has 1 amide bonds. The van der Waals surface area contributed by atoms with Crippen LogP contribution in [0, 0.1) is 0 Å². The Balaban J connectivity index is 4.82. The minimum Gasteiger partial charge on any atom is -0.458 e. The summed E-state index contributed by atoms with van der Waals surface area (Å²) in [7, 11) is 0.